The van der Waals surface area contributed by atoms with Crippen molar-refractivity contribution in [3.05, 3.63) is 47.0 Å². The van der Waals surface area contributed by atoms with Crippen molar-refractivity contribution in [3.8, 4) is 0 Å². The lowest BCUT2D eigenvalue weighted by Crippen LogP contribution is -2.30. The average molecular weight is 309 g/mol. The summed E-state index contributed by atoms with van der Waals surface area (Å²) in [5.74, 6) is -1.11. The molecule has 0 unspecified atom stereocenters. The zero-order chi connectivity index (χ0) is 15.2. The van der Waals surface area contributed by atoms with Gasteiger partial charge in [0, 0.05) is 35.6 Å². The van der Waals surface area contributed by atoms with Gasteiger partial charge in [0.1, 0.15) is 0 Å². The molecule has 21 heavy (non-hydrogen) atoms. The van der Waals surface area contributed by atoms with Crippen LogP contribution < -0.4 is 10.6 Å². The van der Waals surface area contributed by atoms with Gasteiger partial charge in [-0.1, -0.05) is 11.6 Å². The minimum Gasteiger partial charge on any atom is -0.478 e. The number of urea groups is 1. The number of imidazole rings is 1. The van der Waals surface area contributed by atoms with Gasteiger partial charge in [0.15, 0.2) is 0 Å². The van der Waals surface area contributed by atoms with Crippen LogP contribution in [0.4, 0.5) is 10.5 Å². The third kappa shape index (κ3) is 4.50. The molecule has 0 fully saturated rings. The fraction of sp³-hybridized carbons (Fsp3) is 0.154. The number of hydrogen-bond donors (Lipinski definition) is 4. The maximum absolute atomic E-state index is 11.7. The third-order valence-corrected chi connectivity index (χ3v) is 2.86. The van der Waals surface area contributed by atoms with Crippen LogP contribution in [0.25, 0.3) is 0 Å². The molecule has 4 N–H and O–H groups in total. The van der Waals surface area contributed by atoms with Crippen molar-refractivity contribution in [1.82, 2.24) is 15.3 Å². The van der Waals surface area contributed by atoms with Crippen LogP contribution in [-0.4, -0.2) is 33.6 Å². The maximum atomic E-state index is 11.7. The SMILES string of the molecule is O=C(NCCc1cnc[nH]1)Nc1cc(Cl)cc(C(=O)O)c1. The standard InChI is InChI=1S/C13H13ClN4O3/c14-9-3-8(12(19)20)4-11(5-9)18-13(21)16-2-1-10-6-15-7-17-10/h3-7H,1-2H2,(H,15,17)(H,19,20)(H2,16,18,21). The number of benzene rings is 1. The minimum atomic E-state index is -1.11. The van der Waals surface area contributed by atoms with Crippen molar-refractivity contribution in [1.29, 1.82) is 0 Å². The van der Waals surface area contributed by atoms with Crippen LogP contribution in [0, 0.1) is 0 Å². The predicted octanol–water partition coefficient (Wildman–Crippen LogP) is 2.13. The molecule has 1 heterocycles. The molecule has 1 aromatic carbocycles. The highest BCUT2D eigenvalue weighted by molar-refractivity contribution is 6.31. The van der Waals surface area contributed by atoms with E-state index in [1.54, 1.807) is 12.5 Å². The molecule has 2 amide bonds. The number of carboxylic acids is 1. The molecule has 7 nitrogen and oxygen atoms in total. The van der Waals surface area contributed by atoms with Crippen LogP contribution in [0.1, 0.15) is 16.1 Å². The molecular formula is C13H13ClN4O3. The maximum Gasteiger partial charge on any atom is 0.335 e. The number of nitrogens with one attached hydrogen (secondary N) is 3. The van der Waals surface area contributed by atoms with Crippen molar-refractivity contribution in [2.75, 3.05) is 11.9 Å². The van der Waals surface area contributed by atoms with Crippen LogP contribution >= 0.6 is 11.6 Å². The first-order chi connectivity index (χ1) is 10.0. The van der Waals surface area contributed by atoms with Crippen molar-refractivity contribution >= 4 is 29.3 Å². The minimum absolute atomic E-state index is 0.00950. The Morgan fingerprint density at radius 3 is 2.81 bits per heavy atom. The third-order valence-electron chi connectivity index (χ3n) is 2.64. The van der Waals surface area contributed by atoms with Gasteiger partial charge in [-0.15, -0.1) is 0 Å². The topological polar surface area (TPSA) is 107 Å². The lowest BCUT2D eigenvalue weighted by molar-refractivity contribution is 0.0697. The second-order valence-corrected chi connectivity index (χ2v) is 4.68. The van der Waals surface area contributed by atoms with Crippen LogP contribution in [0.5, 0.6) is 0 Å². The van der Waals surface area contributed by atoms with Gasteiger partial charge in [0.25, 0.3) is 0 Å². The summed E-state index contributed by atoms with van der Waals surface area (Å²) in [5.41, 5.74) is 1.24. The summed E-state index contributed by atoms with van der Waals surface area (Å²) < 4.78 is 0. The molecule has 110 valence electrons. The van der Waals surface area contributed by atoms with E-state index in [-0.39, 0.29) is 10.6 Å². The molecular weight excluding hydrogens is 296 g/mol. The Bertz CT molecular complexity index is 643. The molecule has 0 aliphatic carbocycles. The molecule has 0 saturated carbocycles. The van der Waals surface area contributed by atoms with Gasteiger partial charge >= 0.3 is 12.0 Å². The lowest BCUT2D eigenvalue weighted by atomic mass is 10.2. The van der Waals surface area contributed by atoms with E-state index < -0.39 is 12.0 Å². The Morgan fingerprint density at radius 1 is 1.33 bits per heavy atom. The van der Waals surface area contributed by atoms with Crippen molar-refractivity contribution in [3.63, 3.8) is 0 Å². The summed E-state index contributed by atoms with van der Waals surface area (Å²) in [7, 11) is 0. The van der Waals surface area contributed by atoms with Gasteiger partial charge in [-0.05, 0) is 18.2 Å². The summed E-state index contributed by atoms with van der Waals surface area (Å²) >= 11 is 5.80. The Hall–Kier alpha value is -2.54. The molecule has 0 saturated heterocycles. The first-order valence-corrected chi connectivity index (χ1v) is 6.48. The summed E-state index contributed by atoms with van der Waals surface area (Å²) in [6.45, 7) is 0.417. The van der Waals surface area contributed by atoms with E-state index in [1.807, 2.05) is 0 Å². The first kappa shape index (κ1) is 14.9. The van der Waals surface area contributed by atoms with Crippen molar-refractivity contribution in [2.24, 2.45) is 0 Å². The number of carbonyl (C=O) groups excluding carboxylic acids is 1. The van der Waals surface area contributed by atoms with E-state index in [2.05, 4.69) is 20.6 Å². The first-order valence-electron chi connectivity index (χ1n) is 6.10. The Kier molecular flexibility index (Phi) is 4.78. The highest BCUT2D eigenvalue weighted by Gasteiger charge is 2.08. The van der Waals surface area contributed by atoms with Crippen molar-refractivity contribution < 1.29 is 14.7 Å². The lowest BCUT2D eigenvalue weighted by Gasteiger charge is -2.08. The van der Waals surface area contributed by atoms with Gasteiger partial charge in [0.2, 0.25) is 0 Å². The number of halogens is 1. The number of anilines is 1. The molecule has 0 bridgehead atoms. The van der Waals surface area contributed by atoms with Gasteiger partial charge in [-0.2, -0.15) is 0 Å². The summed E-state index contributed by atoms with van der Waals surface area (Å²) in [5, 5.41) is 14.3. The number of carbonyl (C=O) groups is 2. The number of hydrogen-bond acceptors (Lipinski definition) is 3. The summed E-state index contributed by atoms with van der Waals surface area (Å²) in [6.07, 6.45) is 3.85. The number of H-pyrrole nitrogens is 1. The summed E-state index contributed by atoms with van der Waals surface area (Å²) in [4.78, 5) is 29.4. The second-order valence-electron chi connectivity index (χ2n) is 4.24. The molecule has 0 spiro atoms. The van der Waals surface area contributed by atoms with Gasteiger partial charge in [0.05, 0.1) is 11.9 Å². The number of carboxylic acid groups (broad SMARTS) is 1. The van der Waals surface area contributed by atoms with Crippen LogP contribution in [0.2, 0.25) is 5.02 Å². The smallest absolute Gasteiger partial charge is 0.335 e. The fourth-order valence-electron chi connectivity index (χ4n) is 1.69. The van der Waals surface area contributed by atoms with E-state index in [9.17, 15) is 9.59 Å². The predicted molar refractivity (Wildman–Crippen MR) is 77.7 cm³/mol. The zero-order valence-electron chi connectivity index (χ0n) is 10.9. The van der Waals surface area contributed by atoms with E-state index >= 15 is 0 Å². The van der Waals surface area contributed by atoms with E-state index in [1.165, 1.54) is 18.2 Å². The largest absolute Gasteiger partial charge is 0.478 e. The number of nitrogens with zero attached hydrogens (tertiary/aromatic N) is 1. The second kappa shape index (κ2) is 6.76. The Labute approximate surface area is 125 Å². The molecule has 2 rings (SSSR count). The van der Waals surface area contributed by atoms with Crippen LogP contribution in [0.3, 0.4) is 0 Å². The molecule has 0 radical (unpaired) electrons. The van der Waals surface area contributed by atoms with Crippen LogP contribution in [0.15, 0.2) is 30.7 Å². The average Bonchev–Trinajstić information content (AvgIpc) is 2.91. The number of amides is 2. The van der Waals surface area contributed by atoms with Crippen LogP contribution in [-0.2, 0) is 6.42 Å². The monoisotopic (exact) mass is 308 g/mol. The number of aromatic amines is 1. The number of aromatic carboxylic acids is 1. The molecule has 2 aromatic rings. The highest BCUT2D eigenvalue weighted by Crippen LogP contribution is 2.19. The van der Waals surface area contributed by atoms with Gasteiger partial charge in [-0.3, -0.25) is 0 Å². The molecule has 0 atom stereocenters. The van der Waals surface area contributed by atoms with Crippen molar-refractivity contribution in [2.45, 2.75) is 6.42 Å². The van der Waals surface area contributed by atoms with E-state index in [0.29, 0.717) is 18.7 Å². The van der Waals surface area contributed by atoms with Gasteiger partial charge in [-0.25, -0.2) is 14.6 Å². The fourth-order valence-corrected chi connectivity index (χ4v) is 1.93. The molecule has 1 aromatic heterocycles. The molecule has 8 heteroatoms. The Morgan fingerprint density at radius 2 is 2.14 bits per heavy atom. The normalized spacial score (nSPS) is 10.1. The quantitative estimate of drug-likeness (QED) is 0.678. The van der Waals surface area contributed by atoms with E-state index in [4.69, 9.17) is 16.7 Å². The van der Waals surface area contributed by atoms with E-state index in [0.717, 1.165) is 5.69 Å². The van der Waals surface area contributed by atoms with Gasteiger partial charge < -0.3 is 20.7 Å². The number of aromatic nitrogens is 2. The highest BCUT2D eigenvalue weighted by atomic mass is 35.5. The molecule has 0 aliphatic heterocycles. The Balaban J connectivity index is 1.88. The summed E-state index contributed by atoms with van der Waals surface area (Å²) in [6, 6.07) is 3.68. The molecule has 0 aliphatic rings. The number of rotatable bonds is 5. The zero-order valence-corrected chi connectivity index (χ0v) is 11.6.